The summed E-state index contributed by atoms with van der Waals surface area (Å²) in [4.78, 5) is 7.84. The minimum atomic E-state index is -4.50. The van der Waals surface area contributed by atoms with Gasteiger partial charge in [0.15, 0.2) is 0 Å². The molecule has 0 spiro atoms. The number of hydrogen-bond acceptors (Lipinski definition) is 7. The molecular weight excluding hydrogens is 485 g/mol. The third-order valence-corrected chi connectivity index (χ3v) is 7.65. The highest BCUT2D eigenvalue weighted by Gasteiger charge is 2.35. The summed E-state index contributed by atoms with van der Waals surface area (Å²) < 4.78 is 65.5. The van der Waals surface area contributed by atoms with Crippen LogP contribution >= 0.6 is 0 Å². The fourth-order valence-corrected chi connectivity index (χ4v) is 5.31. The molecule has 0 aliphatic carbocycles. The molecule has 186 valence electrons. The first-order chi connectivity index (χ1) is 16.6. The number of anilines is 1. The van der Waals surface area contributed by atoms with Gasteiger partial charge >= 0.3 is 6.18 Å². The number of aromatic nitrogens is 2. The molecule has 2 aromatic heterocycles. The highest BCUT2D eigenvalue weighted by molar-refractivity contribution is 7.89. The van der Waals surface area contributed by atoms with Gasteiger partial charge in [0.25, 0.3) is 0 Å². The van der Waals surface area contributed by atoms with E-state index < -0.39 is 33.9 Å². The molecule has 1 aliphatic heterocycles. The predicted octanol–water partition coefficient (Wildman–Crippen LogP) is 2.89. The maximum atomic E-state index is 13.1. The number of β-amino-alcohol motifs (C(OH)–C–C–N with tert-alkyl or cyclic N) is 1. The standard InChI is InChI=1S/C23H23F3N4O4S/c24-23(25,26)17-3-6-22(28-12-17)29-20-8-10-30(13-21(20)32)35(33,34)19-4-1-15(2-5-19)16-7-9-27-18(11-16)14-31/h1-7,9,11-12,20-21,31-32H,8,10,13-14H2,(H,28,29)/t20-,21+/m1/s1. The van der Waals surface area contributed by atoms with Crippen molar-refractivity contribution >= 4 is 15.8 Å². The van der Waals surface area contributed by atoms with Crippen LogP contribution in [0.4, 0.5) is 19.0 Å². The molecule has 1 saturated heterocycles. The smallest absolute Gasteiger partial charge is 0.390 e. The zero-order valence-electron chi connectivity index (χ0n) is 18.4. The van der Waals surface area contributed by atoms with Gasteiger partial charge in [0.2, 0.25) is 10.0 Å². The third kappa shape index (κ3) is 5.61. The van der Waals surface area contributed by atoms with Gasteiger partial charge in [-0.15, -0.1) is 0 Å². The van der Waals surface area contributed by atoms with Gasteiger partial charge in [-0.2, -0.15) is 17.5 Å². The minimum Gasteiger partial charge on any atom is -0.390 e. The van der Waals surface area contributed by atoms with Gasteiger partial charge in [0, 0.05) is 25.5 Å². The van der Waals surface area contributed by atoms with E-state index in [0.29, 0.717) is 11.9 Å². The monoisotopic (exact) mass is 508 g/mol. The highest BCUT2D eigenvalue weighted by Crippen LogP contribution is 2.30. The van der Waals surface area contributed by atoms with Crippen molar-refractivity contribution in [3.8, 4) is 11.1 Å². The summed E-state index contributed by atoms with van der Waals surface area (Å²) in [7, 11) is -3.87. The van der Waals surface area contributed by atoms with Crippen molar-refractivity contribution in [1.82, 2.24) is 14.3 Å². The Hall–Kier alpha value is -3.06. The second-order valence-electron chi connectivity index (χ2n) is 8.12. The summed E-state index contributed by atoms with van der Waals surface area (Å²) in [5.74, 6) is 0.161. The van der Waals surface area contributed by atoms with Crippen LogP contribution in [0.5, 0.6) is 0 Å². The van der Waals surface area contributed by atoms with Crippen LogP contribution in [0.15, 0.2) is 65.8 Å². The number of rotatable bonds is 6. The van der Waals surface area contributed by atoms with Gasteiger partial charge in [0.05, 0.1) is 34.9 Å². The fourth-order valence-electron chi connectivity index (χ4n) is 3.84. The van der Waals surface area contributed by atoms with Gasteiger partial charge in [0.1, 0.15) is 5.82 Å². The van der Waals surface area contributed by atoms with E-state index in [1.165, 1.54) is 22.5 Å². The van der Waals surface area contributed by atoms with Crippen LogP contribution in [0.1, 0.15) is 17.7 Å². The number of aliphatic hydroxyl groups excluding tert-OH is 2. The number of nitrogens with zero attached hydrogens (tertiary/aromatic N) is 3. The van der Waals surface area contributed by atoms with E-state index in [9.17, 15) is 31.8 Å². The number of hydrogen-bond donors (Lipinski definition) is 3. The van der Waals surface area contributed by atoms with Crippen molar-refractivity contribution in [3.05, 3.63) is 72.2 Å². The van der Waals surface area contributed by atoms with E-state index >= 15 is 0 Å². The summed E-state index contributed by atoms with van der Waals surface area (Å²) in [6.45, 7) is -0.265. The molecule has 35 heavy (non-hydrogen) atoms. The van der Waals surface area contributed by atoms with Crippen molar-refractivity contribution < 1.29 is 31.8 Å². The topological polar surface area (TPSA) is 116 Å². The quantitative estimate of drug-likeness (QED) is 0.469. The average Bonchev–Trinajstić information content (AvgIpc) is 2.85. The SMILES string of the molecule is O=S(=O)(c1ccc(-c2ccnc(CO)c2)cc1)N1CC[C@@H](Nc2ccc(C(F)(F)F)cn2)[C@@H](O)C1. The summed E-state index contributed by atoms with van der Waals surface area (Å²) in [5, 5.41) is 22.7. The third-order valence-electron chi connectivity index (χ3n) is 5.77. The Kier molecular flexibility index (Phi) is 7.08. The molecule has 0 unspecified atom stereocenters. The van der Waals surface area contributed by atoms with E-state index in [1.54, 1.807) is 30.5 Å². The van der Waals surface area contributed by atoms with Crippen LogP contribution in [0.25, 0.3) is 11.1 Å². The summed E-state index contributed by atoms with van der Waals surface area (Å²) >= 11 is 0. The molecule has 1 fully saturated rings. The number of pyridine rings is 2. The highest BCUT2D eigenvalue weighted by atomic mass is 32.2. The Morgan fingerprint density at radius 2 is 1.80 bits per heavy atom. The van der Waals surface area contributed by atoms with Crippen LogP contribution in [0.2, 0.25) is 0 Å². The number of alkyl halides is 3. The van der Waals surface area contributed by atoms with E-state index in [-0.39, 0.29) is 36.8 Å². The van der Waals surface area contributed by atoms with Crippen LogP contribution in [-0.4, -0.2) is 58.1 Å². The van der Waals surface area contributed by atoms with Gasteiger partial charge in [-0.05, 0) is 53.9 Å². The Morgan fingerprint density at radius 3 is 2.40 bits per heavy atom. The summed E-state index contributed by atoms with van der Waals surface area (Å²) in [5.41, 5.74) is 1.16. The number of benzene rings is 1. The lowest BCUT2D eigenvalue weighted by atomic mass is 10.0. The number of piperidine rings is 1. The normalized spacial score (nSPS) is 19.5. The Labute approximate surface area is 200 Å². The molecule has 12 heteroatoms. The van der Waals surface area contributed by atoms with E-state index in [2.05, 4.69) is 15.3 Å². The van der Waals surface area contributed by atoms with E-state index in [1.807, 2.05) is 0 Å². The zero-order valence-corrected chi connectivity index (χ0v) is 19.2. The number of sulfonamides is 1. The average molecular weight is 509 g/mol. The van der Waals surface area contributed by atoms with Crippen LogP contribution in [0, 0.1) is 0 Å². The Morgan fingerprint density at radius 1 is 1.06 bits per heavy atom. The van der Waals surface area contributed by atoms with E-state index in [4.69, 9.17) is 0 Å². The fraction of sp³-hybridized carbons (Fsp3) is 0.304. The lowest BCUT2D eigenvalue weighted by Crippen LogP contribution is -2.51. The number of aliphatic hydroxyl groups is 2. The first kappa shape index (κ1) is 25.0. The zero-order chi connectivity index (χ0) is 25.2. The largest absolute Gasteiger partial charge is 0.417 e. The van der Waals surface area contributed by atoms with Crippen molar-refractivity contribution in [3.63, 3.8) is 0 Å². The molecule has 1 aromatic carbocycles. The van der Waals surface area contributed by atoms with Crippen LogP contribution < -0.4 is 5.32 Å². The second kappa shape index (κ2) is 9.90. The lowest BCUT2D eigenvalue weighted by Gasteiger charge is -2.35. The molecule has 3 N–H and O–H groups in total. The van der Waals surface area contributed by atoms with Gasteiger partial charge in [-0.3, -0.25) is 4.98 Å². The maximum absolute atomic E-state index is 13.1. The molecule has 1 aliphatic rings. The minimum absolute atomic E-state index is 0.0701. The van der Waals surface area contributed by atoms with Crippen molar-refractivity contribution in [2.45, 2.75) is 36.2 Å². The van der Waals surface area contributed by atoms with Crippen molar-refractivity contribution in [2.75, 3.05) is 18.4 Å². The molecule has 3 aromatic rings. The Balaban J connectivity index is 1.42. The van der Waals surface area contributed by atoms with Gasteiger partial charge in [-0.1, -0.05) is 12.1 Å². The molecule has 3 heterocycles. The first-order valence-electron chi connectivity index (χ1n) is 10.7. The maximum Gasteiger partial charge on any atom is 0.417 e. The van der Waals surface area contributed by atoms with Crippen LogP contribution in [0.3, 0.4) is 0 Å². The second-order valence-corrected chi connectivity index (χ2v) is 10.1. The van der Waals surface area contributed by atoms with E-state index in [0.717, 1.165) is 17.2 Å². The molecule has 4 rings (SSSR count). The number of halogens is 3. The Bertz CT molecular complexity index is 1270. The van der Waals surface area contributed by atoms with Crippen molar-refractivity contribution in [2.24, 2.45) is 0 Å². The molecule has 0 saturated carbocycles. The number of nitrogens with one attached hydrogen (secondary N) is 1. The van der Waals surface area contributed by atoms with Gasteiger partial charge < -0.3 is 15.5 Å². The van der Waals surface area contributed by atoms with Crippen LogP contribution in [-0.2, 0) is 22.8 Å². The first-order valence-corrected chi connectivity index (χ1v) is 12.2. The lowest BCUT2D eigenvalue weighted by molar-refractivity contribution is -0.137. The molecule has 2 atom stereocenters. The van der Waals surface area contributed by atoms with Crippen molar-refractivity contribution in [1.29, 1.82) is 0 Å². The summed E-state index contributed by atoms with van der Waals surface area (Å²) in [6.07, 6.45) is -3.08. The summed E-state index contributed by atoms with van der Waals surface area (Å²) in [6, 6.07) is 11.2. The molecule has 0 bridgehead atoms. The molecule has 0 radical (unpaired) electrons. The molecule has 0 amide bonds. The molecule has 8 nitrogen and oxygen atoms in total. The predicted molar refractivity (Wildman–Crippen MR) is 122 cm³/mol. The molecular formula is C23H23F3N4O4S. The van der Waals surface area contributed by atoms with Gasteiger partial charge in [-0.25, -0.2) is 13.4 Å².